The number of hydrogen-bond donors (Lipinski definition) is 0. The van der Waals surface area contributed by atoms with E-state index >= 15 is 0 Å². The van der Waals surface area contributed by atoms with Crippen LogP contribution in [-0.4, -0.2) is 34.9 Å². The molecule has 106 valence electrons. The normalized spacial score (nSPS) is 17.6. The number of carbonyl (C=O) groups excluding carboxylic acids is 1. The number of hydrogen-bond acceptors (Lipinski definition) is 3. The second-order valence-corrected chi connectivity index (χ2v) is 7.02. The highest BCUT2D eigenvalue weighted by Crippen LogP contribution is 2.34. The van der Waals surface area contributed by atoms with Crippen molar-refractivity contribution in [3.05, 3.63) is 33.8 Å². The van der Waals surface area contributed by atoms with Gasteiger partial charge in [-0.25, -0.2) is 0 Å². The second kappa shape index (κ2) is 6.19. The van der Waals surface area contributed by atoms with Gasteiger partial charge in [-0.3, -0.25) is 4.79 Å². The number of thioether (sulfide) groups is 1. The minimum absolute atomic E-state index is 0.0493. The Bertz CT molecular complexity index is 559. The fourth-order valence-corrected chi connectivity index (χ4v) is 3.53. The van der Waals surface area contributed by atoms with Crippen LogP contribution < -0.4 is 0 Å². The Morgan fingerprint density at radius 3 is 2.65 bits per heavy atom. The van der Waals surface area contributed by atoms with Gasteiger partial charge >= 0.3 is 0 Å². The second-order valence-electron chi connectivity index (χ2n) is 5.04. The molecule has 1 aromatic carbocycles. The summed E-state index contributed by atoms with van der Waals surface area (Å²) >= 11 is 5.09. The third-order valence-corrected chi connectivity index (χ3v) is 6.21. The zero-order chi connectivity index (χ0) is 14.8. The van der Waals surface area contributed by atoms with Crippen LogP contribution in [-0.2, 0) is 0 Å². The lowest BCUT2D eigenvalue weighted by Gasteiger charge is -2.36. The van der Waals surface area contributed by atoms with Crippen LogP contribution in [0.4, 0.5) is 0 Å². The summed E-state index contributed by atoms with van der Waals surface area (Å²) in [5.41, 5.74) is 1.77. The molecule has 0 atom stereocenters. The average Bonchev–Trinajstić information content (AvgIpc) is 2.49. The SMILES string of the molecule is CSC1(C#N)CCN(C(=O)c2cccc(C)c2Br)CC1. The van der Waals surface area contributed by atoms with Crippen LogP contribution in [0.25, 0.3) is 0 Å². The Kier molecular flexibility index (Phi) is 4.77. The molecule has 0 aliphatic carbocycles. The molecule has 2 rings (SSSR count). The van der Waals surface area contributed by atoms with Crippen LogP contribution in [0.5, 0.6) is 0 Å². The van der Waals surface area contributed by atoms with Crippen molar-refractivity contribution in [2.75, 3.05) is 19.3 Å². The van der Waals surface area contributed by atoms with E-state index in [0.717, 1.165) is 22.9 Å². The molecule has 1 aliphatic heterocycles. The fraction of sp³-hybridized carbons (Fsp3) is 0.467. The zero-order valence-electron chi connectivity index (χ0n) is 11.6. The Labute approximate surface area is 132 Å². The maximum atomic E-state index is 12.6. The number of rotatable bonds is 2. The maximum Gasteiger partial charge on any atom is 0.255 e. The Balaban J connectivity index is 2.13. The van der Waals surface area contributed by atoms with Crippen molar-refractivity contribution in [1.29, 1.82) is 5.26 Å². The van der Waals surface area contributed by atoms with Crippen LogP contribution in [0.15, 0.2) is 22.7 Å². The summed E-state index contributed by atoms with van der Waals surface area (Å²) in [4.78, 5) is 14.4. The summed E-state index contributed by atoms with van der Waals surface area (Å²) in [6.45, 7) is 3.27. The smallest absolute Gasteiger partial charge is 0.255 e. The topological polar surface area (TPSA) is 44.1 Å². The quantitative estimate of drug-likeness (QED) is 0.816. The third kappa shape index (κ3) is 2.87. The van der Waals surface area contributed by atoms with Gasteiger partial charge in [0.2, 0.25) is 0 Å². The summed E-state index contributed by atoms with van der Waals surface area (Å²) in [6, 6.07) is 8.13. The van der Waals surface area contributed by atoms with Gasteiger partial charge in [0.25, 0.3) is 5.91 Å². The van der Waals surface area contributed by atoms with Crippen LogP contribution in [0.3, 0.4) is 0 Å². The van der Waals surface area contributed by atoms with Crippen molar-refractivity contribution < 1.29 is 4.79 Å². The summed E-state index contributed by atoms with van der Waals surface area (Å²) in [7, 11) is 0. The van der Waals surface area contributed by atoms with Crippen LogP contribution in [0.1, 0.15) is 28.8 Å². The minimum atomic E-state index is -0.319. The first-order valence-corrected chi connectivity index (χ1v) is 8.55. The van der Waals surface area contributed by atoms with Gasteiger partial charge in [-0.15, -0.1) is 11.8 Å². The number of benzene rings is 1. The van der Waals surface area contributed by atoms with Gasteiger partial charge in [0.15, 0.2) is 0 Å². The molecule has 0 aromatic heterocycles. The van der Waals surface area contributed by atoms with E-state index in [-0.39, 0.29) is 10.7 Å². The Hall–Kier alpha value is -0.990. The third-order valence-electron chi connectivity index (χ3n) is 3.88. The molecule has 0 radical (unpaired) electrons. The molecule has 20 heavy (non-hydrogen) atoms. The van der Waals surface area contributed by atoms with Crippen LogP contribution in [0, 0.1) is 18.3 Å². The van der Waals surface area contributed by atoms with Crippen molar-refractivity contribution >= 4 is 33.6 Å². The number of amides is 1. The van der Waals surface area contributed by atoms with Gasteiger partial charge in [-0.05, 0) is 53.6 Å². The van der Waals surface area contributed by atoms with Gasteiger partial charge in [-0.1, -0.05) is 12.1 Å². The summed E-state index contributed by atoms with van der Waals surface area (Å²) < 4.78 is 0.549. The number of carbonyl (C=O) groups is 1. The first-order chi connectivity index (χ1) is 9.53. The van der Waals surface area contributed by atoms with Gasteiger partial charge < -0.3 is 4.90 Å². The van der Waals surface area contributed by atoms with Crippen molar-refractivity contribution in [2.45, 2.75) is 24.5 Å². The molecule has 1 amide bonds. The van der Waals surface area contributed by atoms with E-state index in [1.807, 2.05) is 36.3 Å². The largest absolute Gasteiger partial charge is 0.338 e. The lowest BCUT2D eigenvalue weighted by Crippen LogP contribution is -2.44. The van der Waals surface area contributed by atoms with Gasteiger partial charge in [0.05, 0.1) is 11.6 Å². The van der Waals surface area contributed by atoms with Crippen LogP contribution >= 0.6 is 27.7 Å². The van der Waals surface area contributed by atoms with E-state index in [1.54, 1.807) is 11.8 Å². The maximum absolute atomic E-state index is 12.6. The number of likely N-dealkylation sites (tertiary alicyclic amines) is 1. The predicted molar refractivity (Wildman–Crippen MR) is 85.9 cm³/mol. The first-order valence-electron chi connectivity index (χ1n) is 6.54. The Morgan fingerprint density at radius 2 is 2.10 bits per heavy atom. The predicted octanol–water partition coefficient (Wildman–Crippen LogP) is 3.62. The van der Waals surface area contributed by atoms with Gasteiger partial charge in [0.1, 0.15) is 4.75 Å². The van der Waals surface area contributed by atoms with Crippen LogP contribution in [0.2, 0.25) is 0 Å². The molecule has 1 saturated heterocycles. The number of halogens is 1. The van der Waals surface area contributed by atoms with Crippen molar-refractivity contribution in [1.82, 2.24) is 4.90 Å². The molecule has 3 nitrogen and oxygen atoms in total. The number of aryl methyl sites for hydroxylation is 1. The van der Waals surface area contributed by atoms with E-state index in [1.165, 1.54) is 0 Å². The molecule has 1 heterocycles. The molecular formula is C15H17BrN2OS. The molecule has 5 heteroatoms. The summed E-state index contributed by atoms with van der Waals surface area (Å²) in [5.74, 6) is 0.0493. The van der Waals surface area contributed by atoms with E-state index in [0.29, 0.717) is 18.7 Å². The minimum Gasteiger partial charge on any atom is -0.338 e. The summed E-state index contributed by atoms with van der Waals surface area (Å²) in [6.07, 6.45) is 3.44. The van der Waals surface area contributed by atoms with Crippen molar-refractivity contribution in [3.63, 3.8) is 0 Å². The Morgan fingerprint density at radius 1 is 1.45 bits per heavy atom. The molecule has 0 N–H and O–H groups in total. The molecule has 1 aromatic rings. The molecule has 0 bridgehead atoms. The standard InChI is InChI=1S/C15H17BrN2OS/c1-11-4-3-5-12(13(11)16)14(19)18-8-6-15(10-17,20-2)7-9-18/h3-5H,6-9H2,1-2H3. The van der Waals surface area contributed by atoms with E-state index in [4.69, 9.17) is 0 Å². The van der Waals surface area contributed by atoms with E-state index in [2.05, 4.69) is 22.0 Å². The zero-order valence-corrected chi connectivity index (χ0v) is 14.1. The number of nitriles is 1. The highest BCUT2D eigenvalue weighted by Gasteiger charge is 2.35. The number of piperidine rings is 1. The fourth-order valence-electron chi connectivity index (χ4n) is 2.42. The van der Waals surface area contributed by atoms with Crippen molar-refractivity contribution in [2.24, 2.45) is 0 Å². The molecule has 0 saturated carbocycles. The first kappa shape index (κ1) is 15.4. The molecule has 1 fully saturated rings. The van der Waals surface area contributed by atoms with Crippen molar-refractivity contribution in [3.8, 4) is 6.07 Å². The molecular weight excluding hydrogens is 336 g/mol. The number of nitrogens with zero attached hydrogens (tertiary/aromatic N) is 2. The molecule has 0 unspecified atom stereocenters. The summed E-state index contributed by atoms with van der Waals surface area (Å²) in [5, 5.41) is 9.28. The van der Waals surface area contributed by atoms with Gasteiger partial charge in [-0.2, -0.15) is 5.26 Å². The van der Waals surface area contributed by atoms with E-state index < -0.39 is 0 Å². The van der Waals surface area contributed by atoms with E-state index in [9.17, 15) is 10.1 Å². The lowest BCUT2D eigenvalue weighted by molar-refractivity contribution is 0.0715. The monoisotopic (exact) mass is 352 g/mol. The molecule has 0 spiro atoms. The average molecular weight is 353 g/mol. The van der Waals surface area contributed by atoms with Gasteiger partial charge in [0, 0.05) is 17.6 Å². The lowest BCUT2D eigenvalue weighted by atomic mass is 9.96. The highest BCUT2D eigenvalue weighted by atomic mass is 79.9. The molecule has 1 aliphatic rings. The highest BCUT2D eigenvalue weighted by molar-refractivity contribution is 9.10.